The molecule has 26 aromatic carbocycles. The van der Waals surface area contributed by atoms with Gasteiger partial charge in [0.25, 0.3) is 0 Å². The summed E-state index contributed by atoms with van der Waals surface area (Å²) in [5, 5.41) is 29.7. The van der Waals surface area contributed by atoms with Gasteiger partial charge in [-0.05, 0) is 297 Å². The highest BCUT2D eigenvalue weighted by molar-refractivity contribution is 6.33. The quantitative estimate of drug-likeness (QED) is 0.109. The number of nitrogens with zero attached hydrogens (tertiary/aromatic N) is 4. The smallest absolute Gasteiger partial charge is 0.0547 e. The van der Waals surface area contributed by atoms with Crippen LogP contribution in [-0.4, -0.2) is 18.3 Å². The van der Waals surface area contributed by atoms with Gasteiger partial charge in [-0.2, -0.15) is 0 Å². The van der Waals surface area contributed by atoms with Gasteiger partial charge in [-0.15, -0.1) is 0 Å². The Morgan fingerprint density at radius 2 is 0.299 bits per heavy atom. The van der Waals surface area contributed by atoms with Crippen LogP contribution in [0.2, 0.25) is 0 Å². The van der Waals surface area contributed by atoms with Gasteiger partial charge in [-0.3, -0.25) is 0 Å². The van der Waals surface area contributed by atoms with Gasteiger partial charge in [0.05, 0.1) is 44.1 Å². The number of hydrogen-bond donors (Lipinski definition) is 0. The first kappa shape index (κ1) is 82.1. The number of para-hydroxylation sites is 8. The maximum atomic E-state index is 2.52. The summed E-state index contributed by atoms with van der Waals surface area (Å²) in [4.78, 5) is 0. The summed E-state index contributed by atoms with van der Waals surface area (Å²) in [6.07, 6.45) is 0. The Morgan fingerprint density at radius 1 is 0.0972 bits per heavy atom. The van der Waals surface area contributed by atoms with Crippen molar-refractivity contribution in [3.8, 4) is 112 Å². The Bertz CT molecular complexity index is 9970. The van der Waals surface area contributed by atoms with Crippen LogP contribution in [-0.2, 0) is 0 Å². The van der Waals surface area contributed by atoms with E-state index < -0.39 is 0 Å². The summed E-state index contributed by atoms with van der Waals surface area (Å²) in [5.41, 5.74) is 33.8. The molecule has 0 spiro atoms. The van der Waals surface area contributed by atoms with E-state index in [2.05, 4.69) is 552 Å². The molecule has 144 heavy (non-hydrogen) atoms. The minimum absolute atomic E-state index is 1.15. The summed E-state index contributed by atoms with van der Waals surface area (Å²) in [6, 6.07) is 198. The first-order valence-electron chi connectivity index (χ1n) is 49.9. The van der Waals surface area contributed by atoms with E-state index in [-0.39, 0.29) is 0 Å². The number of benzene rings is 26. The molecule has 0 saturated carbocycles. The van der Waals surface area contributed by atoms with Gasteiger partial charge in [0.2, 0.25) is 0 Å². The first-order valence-corrected chi connectivity index (χ1v) is 49.9. The van der Waals surface area contributed by atoms with Crippen LogP contribution in [0, 0.1) is 0 Å². The topological polar surface area (TPSA) is 19.7 Å². The van der Waals surface area contributed by atoms with Crippen molar-refractivity contribution in [2.45, 2.75) is 0 Å². The van der Waals surface area contributed by atoms with Gasteiger partial charge < -0.3 is 18.3 Å². The van der Waals surface area contributed by atoms with Gasteiger partial charge in [0.15, 0.2) is 0 Å². The minimum atomic E-state index is 1.15. The summed E-state index contributed by atoms with van der Waals surface area (Å²) in [6.45, 7) is 0. The van der Waals surface area contributed by atoms with E-state index in [1.54, 1.807) is 0 Å². The Morgan fingerprint density at radius 3 is 0.611 bits per heavy atom. The predicted octanol–water partition coefficient (Wildman–Crippen LogP) is 38.3. The third kappa shape index (κ3) is 12.7. The fraction of sp³-hybridized carbons (Fsp3) is 0. The van der Waals surface area contributed by atoms with Crippen molar-refractivity contribution >= 4 is 173 Å². The van der Waals surface area contributed by atoms with Gasteiger partial charge in [-0.1, -0.05) is 413 Å². The van der Waals surface area contributed by atoms with Crippen molar-refractivity contribution in [2.75, 3.05) is 0 Å². The molecule has 0 fully saturated rings. The molecule has 4 nitrogen and oxygen atoms in total. The largest absolute Gasteiger partial charge is 0.309 e. The van der Waals surface area contributed by atoms with E-state index in [1.165, 1.54) is 262 Å². The van der Waals surface area contributed by atoms with Crippen LogP contribution >= 0.6 is 0 Å². The standard InChI is InChI=1S/2C70H44N2/c1-4-22-45(23-5-1)66-52-28-10-12-30-54(52)69(55-31-13-11-29-53(55)66)70-56-36-18-34-48(50-38-20-42-64-67(50)58-32-14-16-40-62(58)71(64)46-24-6-2-7-25-46)60(56)44-61-49(35-19-37-57(61)70)51-39-21-43-65-68(51)59-33-15-17-41-63(59)72(65)47-26-8-3-9-27-47;1-4-20-45(21-5-1)68-54-28-10-12-30-56(54)69(57-31-13-11-29-55(57)68)70-58-34-18-32-50(46-38-40-66-62(42-46)52-26-14-16-36-64(52)71(66)48-22-6-2-7-23-48)60(58)44-61-51(33-19-35-59(61)70)47-39-41-67-63(43-47)53-27-15-17-37-65(53)72(67)49-24-8-3-9-25-49/h2*1-44H. The third-order valence-electron chi connectivity index (χ3n) is 30.6. The van der Waals surface area contributed by atoms with Crippen molar-refractivity contribution < 1.29 is 0 Å². The van der Waals surface area contributed by atoms with E-state index in [9.17, 15) is 0 Å². The van der Waals surface area contributed by atoms with E-state index in [1.807, 2.05) is 0 Å². The molecule has 0 radical (unpaired) electrons. The fourth-order valence-corrected chi connectivity index (χ4v) is 24.7. The van der Waals surface area contributed by atoms with Gasteiger partial charge >= 0.3 is 0 Å². The Balaban J connectivity index is 0.000000137. The molecule has 668 valence electrons. The molecule has 0 amide bonds. The normalized spacial score (nSPS) is 11.9. The van der Waals surface area contributed by atoms with Crippen LogP contribution in [0.4, 0.5) is 0 Å². The molecule has 0 saturated heterocycles. The van der Waals surface area contributed by atoms with Gasteiger partial charge in [0.1, 0.15) is 0 Å². The maximum Gasteiger partial charge on any atom is 0.0547 e. The lowest BCUT2D eigenvalue weighted by atomic mass is 9.81. The van der Waals surface area contributed by atoms with E-state index in [0.717, 1.165) is 22.7 Å². The maximum absolute atomic E-state index is 2.52. The van der Waals surface area contributed by atoms with Crippen LogP contribution in [0.3, 0.4) is 0 Å². The molecule has 0 atom stereocenters. The lowest BCUT2D eigenvalue weighted by Gasteiger charge is -2.22. The van der Waals surface area contributed by atoms with Crippen molar-refractivity contribution in [3.63, 3.8) is 0 Å². The van der Waals surface area contributed by atoms with E-state index >= 15 is 0 Å². The highest BCUT2D eigenvalue weighted by Crippen LogP contribution is 2.56. The second kappa shape index (κ2) is 33.4. The molecule has 0 aliphatic heterocycles. The van der Waals surface area contributed by atoms with Crippen LogP contribution in [0.25, 0.3) is 285 Å². The lowest BCUT2D eigenvalue weighted by Crippen LogP contribution is -1.95. The zero-order valence-electron chi connectivity index (χ0n) is 78.6. The molecule has 30 aromatic rings. The summed E-state index contributed by atoms with van der Waals surface area (Å²) in [5.74, 6) is 0. The Hall–Kier alpha value is -19.0. The molecule has 0 N–H and O–H groups in total. The Labute approximate surface area is 831 Å². The van der Waals surface area contributed by atoms with Crippen molar-refractivity contribution in [1.29, 1.82) is 0 Å². The molecular weight excluding hydrogens is 1740 g/mol. The minimum Gasteiger partial charge on any atom is -0.309 e. The highest BCUT2D eigenvalue weighted by atomic mass is 15.0. The SMILES string of the molecule is c1ccc(-c2c3ccccc3c(-c3c4cccc(-c5ccc6c(c5)c5ccccc5n6-c5ccccc5)c4cc4c(-c5ccc6c(c5)c5ccccc5n6-c5ccccc5)cccc34)c3ccccc23)cc1.c1ccc(-c2c3ccccc3c(-c3c4cccc(-c5cccc6c5c5ccccc5n6-c5ccccc5)c4cc4c(-c5cccc6c5c5ccccc5n6-c5ccccc5)cccc34)c3ccccc23)cc1. The molecular formula is C140H88N4. The highest BCUT2D eigenvalue weighted by Gasteiger charge is 2.29. The zero-order chi connectivity index (χ0) is 94.6. The summed E-state index contributed by atoms with van der Waals surface area (Å²) in [7, 11) is 0. The number of hydrogen-bond acceptors (Lipinski definition) is 0. The average Bonchev–Trinajstić information content (AvgIpc) is 0.901. The molecule has 30 rings (SSSR count). The fourth-order valence-electron chi connectivity index (χ4n) is 24.7. The van der Waals surface area contributed by atoms with Crippen LogP contribution in [0.5, 0.6) is 0 Å². The first-order chi connectivity index (χ1) is 71.6. The molecule has 4 heterocycles. The zero-order valence-corrected chi connectivity index (χ0v) is 78.6. The third-order valence-corrected chi connectivity index (χ3v) is 30.6. The second-order valence-electron chi connectivity index (χ2n) is 38.1. The van der Waals surface area contributed by atoms with Crippen molar-refractivity contribution in [3.05, 3.63) is 534 Å². The monoisotopic (exact) mass is 1820 g/mol. The number of aromatic nitrogens is 4. The molecule has 0 unspecified atom stereocenters. The van der Waals surface area contributed by atoms with Crippen molar-refractivity contribution in [1.82, 2.24) is 18.3 Å². The van der Waals surface area contributed by atoms with Crippen molar-refractivity contribution in [2.24, 2.45) is 0 Å². The van der Waals surface area contributed by atoms with Crippen LogP contribution < -0.4 is 0 Å². The molecule has 0 aliphatic carbocycles. The second-order valence-corrected chi connectivity index (χ2v) is 38.1. The number of rotatable bonds is 12. The summed E-state index contributed by atoms with van der Waals surface area (Å²) >= 11 is 0. The van der Waals surface area contributed by atoms with E-state index in [4.69, 9.17) is 0 Å². The lowest BCUT2D eigenvalue weighted by molar-refractivity contribution is 1.18. The molecule has 0 bridgehead atoms. The average molecular weight is 1830 g/mol. The molecule has 4 heteroatoms. The van der Waals surface area contributed by atoms with Gasteiger partial charge in [-0.25, -0.2) is 0 Å². The molecule has 4 aromatic heterocycles. The van der Waals surface area contributed by atoms with Crippen LogP contribution in [0.1, 0.15) is 0 Å². The van der Waals surface area contributed by atoms with Gasteiger partial charge in [0, 0.05) is 65.8 Å². The number of fused-ring (bicyclic) bond motifs is 20. The predicted molar refractivity (Wildman–Crippen MR) is 614 cm³/mol. The Kier molecular flexibility index (Phi) is 19.0. The molecule has 0 aliphatic rings. The van der Waals surface area contributed by atoms with Crippen LogP contribution in [0.15, 0.2) is 534 Å². The van der Waals surface area contributed by atoms with E-state index in [0.29, 0.717) is 0 Å². The summed E-state index contributed by atoms with van der Waals surface area (Å²) < 4.78 is 9.66.